The van der Waals surface area contributed by atoms with Gasteiger partial charge in [-0.25, -0.2) is 8.42 Å². The molecule has 1 aromatic rings. The summed E-state index contributed by atoms with van der Waals surface area (Å²) in [5.74, 6) is -1.11. The minimum absolute atomic E-state index is 0.00734. The number of halogens is 1. The number of sulfonamides is 1. The van der Waals surface area contributed by atoms with Crippen molar-refractivity contribution in [3.63, 3.8) is 0 Å². The second-order valence-electron chi connectivity index (χ2n) is 5.93. The van der Waals surface area contributed by atoms with E-state index in [-0.39, 0.29) is 34.6 Å². The van der Waals surface area contributed by atoms with E-state index in [1.807, 2.05) is 13.8 Å². The van der Waals surface area contributed by atoms with Crippen LogP contribution in [0.15, 0.2) is 23.1 Å². The molecular weight excluding hydrogens is 370 g/mol. The highest BCUT2D eigenvalue weighted by Crippen LogP contribution is 2.28. The number of carboxylic acids is 1. The molecule has 0 fully saturated rings. The molecule has 25 heavy (non-hydrogen) atoms. The van der Waals surface area contributed by atoms with Gasteiger partial charge in [0.1, 0.15) is 16.7 Å². The number of ether oxygens (including phenoxy) is 2. The quantitative estimate of drug-likeness (QED) is 0.560. The summed E-state index contributed by atoms with van der Waals surface area (Å²) in [6, 6.07) is 2.96. The van der Waals surface area contributed by atoms with Gasteiger partial charge in [0, 0.05) is 25.2 Å². The van der Waals surface area contributed by atoms with E-state index in [0.717, 1.165) is 0 Å². The molecule has 0 aliphatic heterocycles. The highest BCUT2D eigenvalue weighted by Gasteiger charge is 2.28. The lowest BCUT2D eigenvalue weighted by Gasteiger charge is -2.18. The second kappa shape index (κ2) is 9.96. The zero-order chi connectivity index (χ0) is 19.0. The monoisotopic (exact) mass is 393 g/mol. The number of benzene rings is 1. The maximum Gasteiger partial charge on any atom is 0.321 e. The number of hydrogen-bond donors (Lipinski definition) is 2. The lowest BCUT2D eigenvalue weighted by atomic mass is 10.1. The lowest BCUT2D eigenvalue weighted by Crippen LogP contribution is -2.41. The molecule has 2 N–H and O–H groups in total. The summed E-state index contributed by atoms with van der Waals surface area (Å²) in [6.07, 6.45) is 0.746. The Kier molecular flexibility index (Phi) is 8.64. The van der Waals surface area contributed by atoms with Crippen molar-refractivity contribution in [3.8, 4) is 5.75 Å². The van der Waals surface area contributed by atoms with Crippen molar-refractivity contribution in [2.75, 3.05) is 20.3 Å². The molecule has 0 spiro atoms. The fourth-order valence-corrected chi connectivity index (χ4v) is 3.73. The Morgan fingerprint density at radius 2 is 2.00 bits per heavy atom. The highest BCUT2D eigenvalue weighted by atomic mass is 35.5. The van der Waals surface area contributed by atoms with E-state index < -0.39 is 22.0 Å². The van der Waals surface area contributed by atoms with Crippen LogP contribution in [0.5, 0.6) is 5.75 Å². The third kappa shape index (κ3) is 7.19. The van der Waals surface area contributed by atoms with Crippen molar-refractivity contribution in [1.29, 1.82) is 0 Å². The van der Waals surface area contributed by atoms with Crippen LogP contribution in [0, 0.1) is 5.92 Å². The van der Waals surface area contributed by atoms with Crippen molar-refractivity contribution in [2.24, 2.45) is 5.92 Å². The highest BCUT2D eigenvalue weighted by molar-refractivity contribution is 7.89. The Hall–Kier alpha value is -1.35. The van der Waals surface area contributed by atoms with Gasteiger partial charge in [-0.3, -0.25) is 4.79 Å². The van der Waals surface area contributed by atoms with Crippen molar-refractivity contribution in [3.05, 3.63) is 23.2 Å². The first-order valence-electron chi connectivity index (χ1n) is 7.83. The number of carbonyl (C=O) groups is 1. The Balaban J connectivity index is 3.05. The molecule has 0 aliphatic rings. The van der Waals surface area contributed by atoms with Crippen molar-refractivity contribution < 1.29 is 27.8 Å². The maximum atomic E-state index is 12.7. The smallest absolute Gasteiger partial charge is 0.321 e. The van der Waals surface area contributed by atoms with Crippen molar-refractivity contribution in [1.82, 2.24) is 4.72 Å². The average molecular weight is 394 g/mol. The Morgan fingerprint density at radius 1 is 1.32 bits per heavy atom. The molecule has 0 saturated heterocycles. The number of rotatable bonds is 11. The molecule has 9 heteroatoms. The first-order valence-corrected chi connectivity index (χ1v) is 9.70. The largest absolute Gasteiger partial charge is 0.492 e. The second-order valence-corrected chi connectivity index (χ2v) is 8.05. The summed E-state index contributed by atoms with van der Waals surface area (Å²) < 4.78 is 37.9. The van der Waals surface area contributed by atoms with Crippen LogP contribution in [0.25, 0.3) is 0 Å². The van der Waals surface area contributed by atoms with E-state index in [1.54, 1.807) is 7.11 Å². The normalized spacial score (nSPS) is 13.0. The van der Waals surface area contributed by atoms with Crippen molar-refractivity contribution in [2.45, 2.75) is 37.6 Å². The minimum Gasteiger partial charge on any atom is -0.492 e. The third-order valence-electron chi connectivity index (χ3n) is 3.25. The molecule has 0 heterocycles. The van der Waals surface area contributed by atoms with Gasteiger partial charge in [-0.1, -0.05) is 25.4 Å². The van der Waals surface area contributed by atoms with Gasteiger partial charge in [0.2, 0.25) is 10.0 Å². The van der Waals surface area contributed by atoms with Crippen LogP contribution < -0.4 is 9.46 Å². The number of aliphatic carboxylic acids is 1. The Labute approximate surface area is 153 Å². The molecule has 0 saturated carbocycles. The zero-order valence-electron chi connectivity index (χ0n) is 14.5. The summed E-state index contributed by atoms with van der Waals surface area (Å²) >= 11 is 5.91. The van der Waals surface area contributed by atoms with E-state index in [0.29, 0.717) is 13.0 Å². The Morgan fingerprint density at radius 3 is 2.56 bits per heavy atom. The molecular formula is C16H24ClNO6S. The van der Waals surface area contributed by atoms with Crippen LogP contribution in [0.4, 0.5) is 0 Å². The number of hydrogen-bond acceptors (Lipinski definition) is 5. The molecule has 0 unspecified atom stereocenters. The third-order valence-corrected chi connectivity index (χ3v) is 4.98. The summed E-state index contributed by atoms with van der Waals surface area (Å²) in [5.41, 5.74) is 0. The molecule has 7 nitrogen and oxygen atoms in total. The van der Waals surface area contributed by atoms with Crippen LogP contribution in [0.3, 0.4) is 0 Å². The predicted octanol–water partition coefficient (Wildman–Crippen LogP) is 2.53. The SMILES string of the molecule is COCCCOc1ccc(Cl)cc1S(=O)(=O)N[C@H](CC(C)C)C(=O)O. The van der Waals surface area contributed by atoms with Crippen LogP contribution in [0.2, 0.25) is 5.02 Å². The number of methoxy groups -OCH3 is 1. The van der Waals surface area contributed by atoms with E-state index >= 15 is 0 Å². The first-order chi connectivity index (χ1) is 11.7. The Bertz CT molecular complexity index is 677. The van der Waals surface area contributed by atoms with E-state index in [4.69, 9.17) is 21.1 Å². The summed E-state index contributed by atoms with van der Waals surface area (Å²) in [7, 11) is -2.56. The maximum absolute atomic E-state index is 12.7. The summed E-state index contributed by atoms with van der Waals surface area (Å²) in [5, 5.41) is 9.47. The molecule has 0 radical (unpaired) electrons. The first kappa shape index (κ1) is 21.7. The molecule has 0 aromatic heterocycles. The summed E-state index contributed by atoms with van der Waals surface area (Å²) in [6.45, 7) is 4.36. The predicted molar refractivity (Wildman–Crippen MR) is 94.6 cm³/mol. The van der Waals surface area contributed by atoms with E-state index in [1.165, 1.54) is 18.2 Å². The van der Waals surface area contributed by atoms with Gasteiger partial charge in [0.05, 0.1) is 6.61 Å². The van der Waals surface area contributed by atoms with Gasteiger partial charge in [0.15, 0.2) is 0 Å². The van der Waals surface area contributed by atoms with Gasteiger partial charge in [-0.2, -0.15) is 4.72 Å². The molecule has 0 bridgehead atoms. The number of carboxylic acid groups (broad SMARTS) is 1. The lowest BCUT2D eigenvalue weighted by molar-refractivity contribution is -0.139. The molecule has 1 atom stereocenters. The van der Waals surface area contributed by atoms with E-state index in [2.05, 4.69) is 4.72 Å². The fraction of sp³-hybridized carbons (Fsp3) is 0.562. The van der Waals surface area contributed by atoms with Gasteiger partial charge in [-0.15, -0.1) is 0 Å². The molecule has 1 aromatic carbocycles. The fourth-order valence-electron chi connectivity index (χ4n) is 2.12. The standard InChI is InChI=1S/C16H24ClNO6S/c1-11(2)9-13(16(19)20)18-25(21,22)15-10-12(17)5-6-14(15)24-8-4-7-23-3/h5-6,10-11,13,18H,4,7-9H2,1-3H3,(H,19,20)/t13-/m1/s1. The topological polar surface area (TPSA) is 102 Å². The zero-order valence-corrected chi connectivity index (χ0v) is 16.1. The summed E-state index contributed by atoms with van der Waals surface area (Å²) in [4.78, 5) is 11.2. The van der Waals surface area contributed by atoms with Crippen molar-refractivity contribution >= 4 is 27.6 Å². The van der Waals surface area contributed by atoms with Crippen LogP contribution >= 0.6 is 11.6 Å². The number of nitrogens with one attached hydrogen (secondary N) is 1. The van der Waals surface area contributed by atoms with Crippen LogP contribution in [0.1, 0.15) is 26.7 Å². The molecule has 1 rings (SSSR count). The van der Waals surface area contributed by atoms with E-state index in [9.17, 15) is 18.3 Å². The average Bonchev–Trinajstić information content (AvgIpc) is 2.51. The molecule has 0 amide bonds. The molecule has 142 valence electrons. The minimum atomic E-state index is -4.12. The molecule has 0 aliphatic carbocycles. The van der Waals surface area contributed by atoms with Gasteiger partial charge < -0.3 is 14.6 Å². The van der Waals surface area contributed by atoms with Crippen LogP contribution in [-0.4, -0.2) is 45.9 Å². The van der Waals surface area contributed by atoms with Crippen LogP contribution in [-0.2, 0) is 19.6 Å². The van der Waals surface area contributed by atoms with Gasteiger partial charge in [0.25, 0.3) is 0 Å². The van der Waals surface area contributed by atoms with Gasteiger partial charge >= 0.3 is 5.97 Å². The van der Waals surface area contributed by atoms with Gasteiger partial charge in [-0.05, 0) is 30.5 Å².